The Labute approximate surface area is 139 Å². The quantitative estimate of drug-likeness (QED) is 0.686. The van der Waals surface area contributed by atoms with Gasteiger partial charge in [-0.2, -0.15) is 13.2 Å². The summed E-state index contributed by atoms with van der Waals surface area (Å²) >= 11 is 1.20. The molecule has 1 N–H and O–H groups in total. The maximum absolute atomic E-state index is 13.2. The standard InChI is InChI=1S/C17H11F3N2OS/c18-17(19,20)12(11-6-2-1-3-7-11)10-15(23)22-16-21-13-8-4-5-9-14(13)24-16/h1-10H,(H,21,22,23)/b12-10+. The van der Waals surface area contributed by atoms with E-state index in [4.69, 9.17) is 0 Å². The van der Waals surface area contributed by atoms with Gasteiger partial charge < -0.3 is 0 Å². The number of carbonyl (C=O) groups is 1. The summed E-state index contributed by atoms with van der Waals surface area (Å²) in [6, 6.07) is 14.4. The van der Waals surface area contributed by atoms with Gasteiger partial charge in [0.1, 0.15) is 0 Å². The second kappa shape index (κ2) is 6.45. The van der Waals surface area contributed by atoms with Crippen LogP contribution in [0, 0.1) is 0 Å². The predicted octanol–water partition coefficient (Wildman–Crippen LogP) is 4.88. The summed E-state index contributed by atoms with van der Waals surface area (Å²) in [6.45, 7) is 0. The van der Waals surface area contributed by atoms with Gasteiger partial charge in [-0.15, -0.1) is 0 Å². The number of rotatable bonds is 3. The summed E-state index contributed by atoms with van der Waals surface area (Å²) in [5.41, 5.74) is -0.382. The van der Waals surface area contributed by atoms with Crippen molar-refractivity contribution in [2.24, 2.45) is 0 Å². The Balaban J connectivity index is 1.88. The van der Waals surface area contributed by atoms with E-state index in [9.17, 15) is 18.0 Å². The maximum Gasteiger partial charge on any atom is 0.417 e. The molecule has 0 spiro atoms. The van der Waals surface area contributed by atoms with E-state index in [2.05, 4.69) is 10.3 Å². The lowest BCUT2D eigenvalue weighted by atomic mass is 10.1. The minimum Gasteiger partial charge on any atom is -0.298 e. The Morgan fingerprint density at radius 1 is 1.04 bits per heavy atom. The first kappa shape index (κ1) is 16.2. The normalized spacial score (nSPS) is 12.4. The number of aromatic nitrogens is 1. The first-order valence-corrected chi connectivity index (χ1v) is 7.76. The Morgan fingerprint density at radius 2 is 1.71 bits per heavy atom. The average molecular weight is 348 g/mol. The molecule has 0 saturated heterocycles. The van der Waals surface area contributed by atoms with Crippen molar-refractivity contribution in [3.05, 3.63) is 66.2 Å². The van der Waals surface area contributed by atoms with Gasteiger partial charge in [-0.1, -0.05) is 53.8 Å². The van der Waals surface area contributed by atoms with Crippen molar-refractivity contribution in [3.63, 3.8) is 0 Å². The number of hydrogen-bond donors (Lipinski definition) is 1. The molecule has 0 fully saturated rings. The summed E-state index contributed by atoms with van der Waals surface area (Å²) in [6.07, 6.45) is -4.08. The van der Waals surface area contributed by atoms with Crippen molar-refractivity contribution < 1.29 is 18.0 Å². The molecule has 3 rings (SSSR count). The van der Waals surface area contributed by atoms with Gasteiger partial charge in [0.05, 0.1) is 15.8 Å². The maximum atomic E-state index is 13.2. The van der Waals surface area contributed by atoms with Gasteiger partial charge in [0.2, 0.25) is 0 Å². The lowest BCUT2D eigenvalue weighted by Gasteiger charge is -2.11. The molecule has 1 aromatic heterocycles. The van der Waals surface area contributed by atoms with E-state index in [1.54, 1.807) is 18.2 Å². The van der Waals surface area contributed by atoms with Crippen LogP contribution in [0.4, 0.5) is 18.3 Å². The number of alkyl halides is 3. The SMILES string of the molecule is O=C(/C=C(\c1ccccc1)C(F)(F)F)Nc1nc2ccccc2s1. The van der Waals surface area contributed by atoms with Crippen LogP contribution in [-0.2, 0) is 4.79 Å². The number of halogens is 3. The lowest BCUT2D eigenvalue weighted by molar-refractivity contribution is -0.112. The smallest absolute Gasteiger partial charge is 0.298 e. The van der Waals surface area contributed by atoms with Crippen molar-refractivity contribution in [1.82, 2.24) is 4.98 Å². The fourth-order valence-electron chi connectivity index (χ4n) is 2.14. The average Bonchev–Trinajstić information content (AvgIpc) is 2.94. The summed E-state index contributed by atoms with van der Waals surface area (Å²) in [7, 11) is 0. The van der Waals surface area contributed by atoms with Gasteiger partial charge in [0.25, 0.3) is 5.91 Å². The van der Waals surface area contributed by atoms with Gasteiger partial charge >= 0.3 is 6.18 Å². The molecule has 0 aliphatic heterocycles. The number of allylic oxidation sites excluding steroid dienone is 1. The topological polar surface area (TPSA) is 42.0 Å². The second-order valence-electron chi connectivity index (χ2n) is 4.90. The Kier molecular flexibility index (Phi) is 4.35. The van der Waals surface area contributed by atoms with E-state index in [1.807, 2.05) is 12.1 Å². The number of thiazole rings is 1. The van der Waals surface area contributed by atoms with Crippen LogP contribution >= 0.6 is 11.3 Å². The highest BCUT2D eigenvalue weighted by Gasteiger charge is 2.35. The molecule has 0 aliphatic rings. The van der Waals surface area contributed by atoms with Crippen molar-refractivity contribution in [1.29, 1.82) is 0 Å². The first-order valence-electron chi connectivity index (χ1n) is 6.94. The zero-order chi connectivity index (χ0) is 17.2. The second-order valence-corrected chi connectivity index (χ2v) is 5.93. The van der Waals surface area contributed by atoms with E-state index in [1.165, 1.54) is 35.6 Å². The molecule has 0 saturated carbocycles. The fourth-order valence-corrected chi connectivity index (χ4v) is 3.01. The molecule has 3 aromatic rings. The van der Waals surface area contributed by atoms with Crippen molar-refractivity contribution in [3.8, 4) is 0 Å². The molecule has 0 bridgehead atoms. The molecule has 7 heteroatoms. The van der Waals surface area contributed by atoms with E-state index < -0.39 is 17.7 Å². The summed E-state index contributed by atoms with van der Waals surface area (Å²) in [4.78, 5) is 16.2. The monoisotopic (exact) mass is 348 g/mol. The highest BCUT2D eigenvalue weighted by molar-refractivity contribution is 7.22. The van der Waals surface area contributed by atoms with Crippen molar-refractivity contribution in [2.75, 3.05) is 5.32 Å². The van der Waals surface area contributed by atoms with Crippen LogP contribution in [0.2, 0.25) is 0 Å². The molecule has 2 aromatic carbocycles. The number of carbonyl (C=O) groups excluding carboxylic acids is 1. The predicted molar refractivity (Wildman–Crippen MR) is 88.7 cm³/mol. The zero-order valence-corrected chi connectivity index (χ0v) is 13.0. The molecule has 0 atom stereocenters. The molecule has 122 valence electrons. The third-order valence-corrected chi connectivity index (χ3v) is 4.14. The number of anilines is 1. The van der Waals surface area contributed by atoms with Crippen LogP contribution in [0.25, 0.3) is 15.8 Å². The molecule has 24 heavy (non-hydrogen) atoms. The number of para-hydroxylation sites is 1. The first-order chi connectivity index (χ1) is 11.4. The summed E-state index contributed by atoms with van der Waals surface area (Å²) < 4.78 is 40.5. The van der Waals surface area contributed by atoms with Gasteiger partial charge in [-0.25, -0.2) is 4.98 Å². The summed E-state index contributed by atoms with van der Waals surface area (Å²) in [5, 5.41) is 2.65. The molecule has 3 nitrogen and oxygen atoms in total. The zero-order valence-electron chi connectivity index (χ0n) is 12.2. The number of nitrogens with zero attached hydrogens (tertiary/aromatic N) is 1. The molecule has 1 amide bonds. The third kappa shape index (κ3) is 3.62. The van der Waals surface area contributed by atoms with Gasteiger partial charge in [-0.3, -0.25) is 10.1 Å². The molecule has 0 aliphatic carbocycles. The van der Waals surface area contributed by atoms with Gasteiger partial charge in [-0.05, 0) is 17.7 Å². The van der Waals surface area contributed by atoms with E-state index in [-0.39, 0.29) is 10.7 Å². The third-order valence-electron chi connectivity index (χ3n) is 3.19. The van der Waals surface area contributed by atoms with Crippen molar-refractivity contribution in [2.45, 2.75) is 6.18 Å². The Bertz CT molecular complexity index is 868. The number of benzene rings is 2. The van der Waals surface area contributed by atoms with Gasteiger partial charge in [0.15, 0.2) is 5.13 Å². The van der Waals surface area contributed by atoms with Crippen LogP contribution in [0.3, 0.4) is 0 Å². The van der Waals surface area contributed by atoms with Crippen LogP contribution in [0.1, 0.15) is 5.56 Å². The van der Waals surface area contributed by atoms with E-state index >= 15 is 0 Å². The van der Waals surface area contributed by atoms with Crippen molar-refractivity contribution >= 4 is 38.2 Å². The Hall–Kier alpha value is -2.67. The lowest BCUT2D eigenvalue weighted by Crippen LogP contribution is -2.15. The van der Waals surface area contributed by atoms with Crippen LogP contribution in [0.5, 0.6) is 0 Å². The number of fused-ring (bicyclic) bond motifs is 1. The summed E-state index contributed by atoms with van der Waals surface area (Å²) in [5.74, 6) is -0.870. The largest absolute Gasteiger partial charge is 0.417 e. The minimum atomic E-state index is -4.63. The van der Waals surface area contributed by atoms with Gasteiger partial charge in [0, 0.05) is 6.08 Å². The Morgan fingerprint density at radius 3 is 2.38 bits per heavy atom. The van der Waals surface area contributed by atoms with Crippen LogP contribution in [-0.4, -0.2) is 17.1 Å². The van der Waals surface area contributed by atoms with E-state index in [0.29, 0.717) is 11.6 Å². The fraction of sp³-hybridized carbons (Fsp3) is 0.0588. The molecular formula is C17H11F3N2OS. The molecule has 1 heterocycles. The number of amides is 1. The molecule has 0 radical (unpaired) electrons. The van der Waals surface area contributed by atoms with Crippen LogP contribution < -0.4 is 5.32 Å². The number of hydrogen-bond acceptors (Lipinski definition) is 3. The minimum absolute atomic E-state index is 0.0653. The number of nitrogens with one attached hydrogen (secondary N) is 1. The molecular weight excluding hydrogens is 337 g/mol. The van der Waals surface area contributed by atoms with E-state index in [0.717, 1.165) is 4.70 Å². The highest BCUT2D eigenvalue weighted by atomic mass is 32.1. The highest BCUT2D eigenvalue weighted by Crippen LogP contribution is 2.34. The molecule has 0 unspecified atom stereocenters. The van der Waals surface area contributed by atoms with Crippen LogP contribution in [0.15, 0.2) is 60.7 Å².